The van der Waals surface area contributed by atoms with Crippen molar-refractivity contribution in [1.82, 2.24) is 24.6 Å². The Morgan fingerprint density at radius 1 is 1.31 bits per heavy atom. The fraction of sp³-hybridized carbons (Fsp3) is 0.500. The summed E-state index contributed by atoms with van der Waals surface area (Å²) in [6.07, 6.45) is 3.50. The highest BCUT2D eigenvalue weighted by atomic mass is 16.5. The molecule has 1 aliphatic heterocycles. The number of nitrogens with one attached hydrogen (secondary N) is 1. The Morgan fingerprint density at radius 3 is 2.96 bits per heavy atom. The molecule has 0 amide bonds. The molecule has 1 fully saturated rings. The maximum Gasteiger partial charge on any atom is 0.216 e. The van der Waals surface area contributed by atoms with Crippen molar-refractivity contribution in [2.45, 2.75) is 32.7 Å². The van der Waals surface area contributed by atoms with Crippen molar-refractivity contribution in [3.63, 3.8) is 0 Å². The van der Waals surface area contributed by atoms with Gasteiger partial charge in [-0.2, -0.15) is 5.10 Å². The van der Waals surface area contributed by atoms with E-state index in [4.69, 9.17) is 9.72 Å². The zero-order chi connectivity index (χ0) is 18.1. The van der Waals surface area contributed by atoms with Crippen molar-refractivity contribution in [3.05, 3.63) is 41.3 Å². The van der Waals surface area contributed by atoms with E-state index in [2.05, 4.69) is 40.1 Å². The summed E-state index contributed by atoms with van der Waals surface area (Å²) in [4.78, 5) is 10.8. The molecule has 3 heterocycles. The average Bonchev–Trinajstić information content (AvgIpc) is 3.15. The number of benzene rings is 1. The highest BCUT2D eigenvalue weighted by Gasteiger charge is 2.24. The quantitative estimate of drug-likeness (QED) is 0.766. The van der Waals surface area contributed by atoms with E-state index in [1.54, 1.807) is 7.11 Å². The van der Waals surface area contributed by atoms with Crippen LogP contribution in [0.5, 0.6) is 5.88 Å². The number of aromatic amines is 1. The van der Waals surface area contributed by atoms with Crippen LogP contribution >= 0.6 is 0 Å². The molecule has 3 aromatic rings. The van der Waals surface area contributed by atoms with Gasteiger partial charge in [0.25, 0.3) is 0 Å². The molecule has 0 radical (unpaired) electrons. The van der Waals surface area contributed by atoms with Crippen LogP contribution in [0.25, 0.3) is 11.0 Å². The maximum absolute atomic E-state index is 5.55. The predicted molar refractivity (Wildman–Crippen MR) is 102 cm³/mol. The van der Waals surface area contributed by atoms with E-state index in [0.717, 1.165) is 54.5 Å². The molecule has 0 bridgehead atoms. The summed E-state index contributed by atoms with van der Waals surface area (Å²) in [6.45, 7) is 5.19. The first-order valence-corrected chi connectivity index (χ1v) is 9.36. The minimum Gasteiger partial charge on any atom is -0.481 e. The van der Waals surface area contributed by atoms with Crippen molar-refractivity contribution in [3.8, 4) is 5.88 Å². The first kappa shape index (κ1) is 17.1. The maximum atomic E-state index is 5.55. The minimum absolute atomic E-state index is 0.632. The Labute approximate surface area is 154 Å². The van der Waals surface area contributed by atoms with Gasteiger partial charge in [0.15, 0.2) is 0 Å². The largest absolute Gasteiger partial charge is 0.481 e. The molecule has 0 aliphatic carbocycles. The van der Waals surface area contributed by atoms with Gasteiger partial charge in [0.2, 0.25) is 5.88 Å². The zero-order valence-electron chi connectivity index (χ0n) is 15.8. The summed E-state index contributed by atoms with van der Waals surface area (Å²) in [6, 6.07) is 8.26. The van der Waals surface area contributed by atoms with E-state index in [-0.39, 0.29) is 0 Å². The van der Waals surface area contributed by atoms with Gasteiger partial charge < -0.3 is 9.72 Å². The van der Waals surface area contributed by atoms with E-state index in [0.29, 0.717) is 5.92 Å². The first-order chi connectivity index (χ1) is 12.6. The first-order valence-electron chi connectivity index (χ1n) is 9.36. The number of para-hydroxylation sites is 2. The summed E-state index contributed by atoms with van der Waals surface area (Å²) >= 11 is 0. The number of rotatable bonds is 5. The second kappa shape index (κ2) is 7.11. The third-order valence-electron chi connectivity index (χ3n) is 5.39. The number of hydrogen-bond acceptors (Lipinski definition) is 4. The van der Waals surface area contributed by atoms with Gasteiger partial charge in [0, 0.05) is 26.6 Å². The molecule has 0 unspecified atom stereocenters. The lowest BCUT2D eigenvalue weighted by atomic mass is 9.94. The lowest BCUT2D eigenvalue weighted by molar-refractivity contribution is 0.164. The topological polar surface area (TPSA) is 59.0 Å². The van der Waals surface area contributed by atoms with E-state index in [9.17, 15) is 0 Å². The van der Waals surface area contributed by atoms with Crippen LogP contribution in [0, 0.1) is 12.8 Å². The van der Waals surface area contributed by atoms with Crippen LogP contribution in [0.4, 0.5) is 0 Å². The lowest BCUT2D eigenvalue weighted by Gasteiger charge is -2.32. The van der Waals surface area contributed by atoms with Crippen LogP contribution < -0.4 is 4.74 Å². The third kappa shape index (κ3) is 3.33. The molecule has 6 heteroatoms. The van der Waals surface area contributed by atoms with Gasteiger partial charge in [-0.3, -0.25) is 4.90 Å². The fourth-order valence-electron chi connectivity index (χ4n) is 4.18. The molecule has 1 saturated heterocycles. The van der Waals surface area contributed by atoms with Crippen molar-refractivity contribution < 1.29 is 4.74 Å². The molecule has 26 heavy (non-hydrogen) atoms. The molecule has 6 nitrogen and oxygen atoms in total. The van der Waals surface area contributed by atoms with Gasteiger partial charge in [0.05, 0.1) is 29.4 Å². The van der Waals surface area contributed by atoms with E-state index < -0.39 is 0 Å². The van der Waals surface area contributed by atoms with E-state index >= 15 is 0 Å². The monoisotopic (exact) mass is 353 g/mol. The number of likely N-dealkylation sites (tertiary alicyclic amines) is 1. The van der Waals surface area contributed by atoms with Crippen molar-refractivity contribution in [1.29, 1.82) is 0 Å². The second-order valence-electron chi connectivity index (χ2n) is 7.34. The molecular formula is C20H27N5O. The molecule has 0 saturated carbocycles. The van der Waals surface area contributed by atoms with Crippen molar-refractivity contribution >= 4 is 11.0 Å². The number of imidazole rings is 1. The molecule has 1 atom stereocenters. The van der Waals surface area contributed by atoms with Crippen LogP contribution in [0.3, 0.4) is 0 Å². The third-order valence-corrected chi connectivity index (χ3v) is 5.39. The highest BCUT2D eigenvalue weighted by molar-refractivity contribution is 5.74. The normalized spacial score (nSPS) is 18.5. The number of aryl methyl sites for hydroxylation is 2. The van der Waals surface area contributed by atoms with Gasteiger partial charge in [-0.25, -0.2) is 9.67 Å². The second-order valence-corrected chi connectivity index (χ2v) is 7.34. The number of ether oxygens (including phenoxy) is 1. The smallest absolute Gasteiger partial charge is 0.216 e. The minimum atomic E-state index is 0.632. The summed E-state index contributed by atoms with van der Waals surface area (Å²) in [7, 11) is 3.66. The molecule has 0 spiro atoms. The van der Waals surface area contributed by atoms with Crippen LogP contribution in [-0.2, 0) is 20.0 Å². The van der Waals surface area contributed by atoms with E-state index in [1.165, 1.54) is 18.4 Å². The zero-order valence-corrected chi connectivity index (χ0v) is 15.8. The molecule has 2 aromatic heterocycles. The Balaban J connectivity index is 1.44. The number of hydrogen-bond donors (Lipinski definition) is 1. The van der Waals surface area contributed by atoms with Gasteiger partial charge in [-0.05, 0) is 44.4 Å². The van der Waals surface area contributed by atoms with Crippen molar-refractivity contribution in [2.75, 3.05) is 20.2 Å². The number of piperidine rings is 1. The Hall–Kier alpha value is -2.34. The van der Waals surface area contributed by atoms with Crippen LogP contribution in [0.15, 0.2) is 24.3 Å². The van der Waals surface area contributed by atoms with Gasteiger partial charge in [-0.15, -0.1) is 0 Å². The molecule has 138 valence electrons. The Kier molecular flexibility index (Phi) is 4.68. The van der Waals surface area contributed by atoms with Crippen molar-refractivity contribution in [2.24, 2.45) is 13.0 Å². The standard InChI is InChI=1S/C20H27N5O/c1-14-16(20(26-3)24(2)23-14)13-25-10-6-7-15(12-25)11-19-21-17-8-4-5-9-18(17)22-19/h4-5,8-9,15H,6-7,10-13H2,1-3H3,(H,21,22)/t15-/m1/s1. The molecular weight excluding hydrogens is 326 g/mol. The van der Waals surface area contributed by atoms with Gasteiger partial charge in [0.1, 0.15) is 5.82 Å². The van der Waals surface area contributed by atoms with Gasteiger partial charge >= 0.3 is 0 Å². The van der Waals surface area contributed by atoms with Crippen LogP contribution in [-0.4, -0.2) is 44.8 Å². The molecule has 1 aliphatic rings. The fourth-order valence-corrected chi connectivity index (χ4v) is 4.18. The van der Waals surface area contributed by atoms with Gasteiger partial charge in [-0.1, -0.05) is 12.1 Å². The molecule has 1 N–H and O–H groups in total. The summed E-state index contributed by atoms with van der Waals surface area (Å²) in [5, 5.41) is 4.51. The van der Waals surface area contributed by atoms with Crippen LogP contribution in [0.1, 0.15) is 29.9 Å². The summed E-state index contributed by atoms with van der Waals surface area (Å²) in [5.41, 5.74) is 4.46. The number of aromatic nitrogens is 4. The highest BCUT2D eigenvalue weighted by Crippen LogP contribution is 2.27. The Morgan fingerprint density at radius 2 is 2.15 bits per heavy atom. The number of H-pyrrole nitrogens is 1. The Bertz CT molecular complexity index is 864. The number of methoxy groups -OCH3 is 1. The SMILES string of the molecule is COc1c(CN2CCC[C@H](Cc3nc4ccccc4[nH]3)C2)c(C)nn1C. The average molecular weight is 353 g/mol. The molecule has 4 rings (SSSR count). The molecule has 1 aromatic carbocycles. The summed E-state index contributed by atoms with van der Waals surface area (Å²) in [5.74, 6) is 2.61. The van der Waals surface area contributed by atoms with Crippen LogP contribution in [0.2, 0.25) is 0 Å². The summed E-state index contributed by atoms with van der Waals surface area (Å²) < 4.78 is 7.39. The number of nitrogens with zero attached hydrogens (tertiary/aromatic N) is 4. The number of fused-ring (bicyclic) bond motifs is 1. The lowest BCUT2D eigenvalue weighted by Crippen LogP contribution is -2.36. The van der Waals surface area contributed by atoms with E-state index in [1.807, 2.05) is 17.8 Å². The predicted octanol–water partition coefficient (Wildman–Crippen LogP) is 3.07.